The third-order valence-electron chi connectivity index (χ3n) is 4.58. The number of benzene rings is 1. The van der Waals surface area contributed by atoms with Crippen molar-refractivity contribution in [3.63, 3.8) is 0 Å². The molecule has 0 aromatic heterocycles. The lowest BCUT2D eigenvalue weighted by Gasteiger charge is -2.28. The van der Waals surface area contributed by atoms with Crippen molar-refractivity contribution in [2.75, 3.05) is 50.7 Å². The molecule has 1 aromatic carbocycles. The summed E-state index contributed by atoms with van der Waals surface area (Å²) in [4.78, 5) is 5.23. The number of rotatable bonds is 3. The van der Waals surface area contributed by atoms with Gasteiger partial charge >= 0.3 is 0 Å². The maximum atomic E-state index is 3.49. The molecule has 3 nitrogen and oxygen atoms in total. The minimum Gasteiger partial charge on any atom is -0.370 e. The highest BCUT2D eigenvalue weighted by molar-refractivity contribution is 5.54. The first-order valence-electron chi connectivity index (χ1n) is 8.19. The molecule has 0 bridgehead atoms. The number of fused-ring (bicyclic) bond motifs is 1. The highest BCUT2D eigenvalue weighted by atomic mass is 15.2. The van der Waals surface area contributed by atoms with Crippen LogP contribution in [-0.4, -0.2) is 50.7 Å². The Labute approximate surface area is 123 Å². The molecule has 0 amide bonds. The molecule has 1 saturated heterocycles. The lowest BCUT2D eigenvalue weighted by Crippen LogP contribution is -2.37. The predicted octanol–water partition coefficient (Wildman–Crippen LogP) is 2.12. The molecular formula is C17H27N3. The molecule has 1 N–H and O–H groups in total. The van der Waals surface area contributed by atoms with E-state index < -0.39 is 0 Å². The molecular weight excluding hydrogens is 246 g/mol. The third-order valence-corrected chi connectivity index (χ3v) is 4.58. The van der Waals surface area contributed by atoms with Gasteiger partial charge in [0.2, 0.25) is 0 Å². The highest BCUT2D eigenvalue weighted by Gasteiger charge is 2.16. The Morgan fingerprint density at radius 2 is 1.85 bits per heavy atom. The smallest absolute Gasteiger partial charge is 0.0399 e. The zero-order valence-corrected chi connectivity index (χ0v) is 12.5. The number of anilines is 1. The molecule has 110 valence electrons. The van der Waals surface area contributed by atoms with Crippen molar-refractivity contribution in [2.45, 2.75) is 25.7 Å². The minimum absolute atomic E-state index is 1.15. The Balaban J connectivity index is 1.61. The van der Waals surface area contributed by atoms with Crippen molar-refractivity contribution in [3.8, 4) is 0 Å². The molecule has 20 heavy (non-hydrogen) atoms. The molecule has 1 aromatic rings. The Bertz CT molecular complexity index is 410. The maximum absolute atomic E-state index is 3.49. The summed E-state index contributed by atoms with van der Waals surface area (Å²) in [6.07, 6.45) is 5.20. The van der Waals surface area contributed by atoms with Gasteiger partial charge in [0.05, 0.1) is 0 Å². The van der Waals surface area contributed by atoms with Gasteiger partial charge in [-0.05, 0) is 50.4 Å². The van der Waals surface area contributed by atoms with E-state index in [0.717, 1.165) is 6.54 Å². The van der Waals surface area contributed by atoms with Crippen LogP contribution in [0.3, 0.4) is 0 Å². The summed E-state index contributed by atoms with van der Waals surface area (Å²) in [5, 5.41) is 3.49. The number of nitrogens with one attached hydrogen (secondary N) is 1. The normalized spacial score (nSPS) is 21.1. The van der Waals surface area contributed by atoms with Crippen LogP contribution < -0.4 is 10.2 Å². The van der Waals surface area contributed by atoms with Gasteiger partial charge < -0.3 is 15.1 Å². The second-order valence-electron chi connectivity index (χ2n) is 6.02. The summed E-state index contributed by atoms with van der Waals surface area (Å²) in [5.41, 5.74) is 3.03. The summed E-state index contributed by atoms with van der Waals surface area (Å²) in [6, 6.07) is 8.99. The molecule has 3 heteroatoms. The third kappa shape index (κ3) is 3.53. The summed E-state index contributed by atoms with van der Waals surface area (Å²) >= 11 is 0. The van der Waals surface area contributed by atoms with E-state index in [4.69, 9.17) is 0 Å². The van der Waals surface area contributed by atoms with E-state index in [1.165, 1.54) is 70.6 Å². The SMILES string of the molecule is c1ccc2c(c1)CCCCN2CCN1CCCNCC1. The van der Waals surface area contributed by atoms with Crippen LogP contribution in [-0.2, 0) is 6.42 Å². The fourth-order valence-corrected chi connectivity index (χ4v) is 3.39. The van der Waals surface area contributed by atoms with Gasteiger partial charge in [-0.15, -0.1) is 0 Å². The van der Waals surface area contributed by atoms with Crippen LogP contribution in [0.1, 0.15) is 24.8 Å². The summed E-state index contributed by atoms with van der Waals surface area (Å²) < 4.78 is 0. The number of hydrogen-bond donors (Lipinski definition) is 1. The van der Waals surface area contributed by atoms with E-state index >= 15 is 0 Å². The molecule has 0 spiro atoms. The van der Waals surface area contributed by atoms with Crippen molar-refractivity contribution in [2.24, 2.45) is 0 Å². The number of nitrogens with zero attached hydrogens (tertiary/aromatic N) is 2. The minimum atomic E-state index is 1.15. The van der Waals surface area contributed by atoms with Gasteiger partial charge in [-0.3, -0.25) is 0 Å². The van der Waals surface area contributed by atoms with Gasteiger partial charge in [0.25, 0.3) is 0 Å². The second kappa shape index (κ2) is 7.09. The molecule has 0 atom stereocenters. The molecule has 0 radical (unpaired) electrons. The molecule has 0 unspecified atom stereocenters. The van der Waals surface area contributed by atoms with Gasteiger partial charge in [0, 0.05) is 38.4 Å². The predicted molar refractivity (Wildman–Crippen MR) is 85.5 cm³/mol. The van der Waals surface area contributed by atoms with Crippen LogP contribution in [0.4, 0.5) is 5.69 Å². The van der Waals surface area contributed by atoms with Crippen molar-refractivity contribution < 1.29 is 0 Å². The molecule has 3 rings (SSSR count). The fourth-order valence-electron chi connectivity index (χ4n) is 3.39. The monoisotopic (exact) mass is 273 g/mol. The topological polar surface area (TPSA) is 18.5 Å². The molecule has 0 saturated carbocycles. The Hall–Kier alpha value is -1.06. The van der Waals surface area contributed by atoms with Crippen molar-refractivity contribution in [3.05, 3.63) is 29.8 Å². The average Bonchev–Trinajstić information content (AvgIpc) is 2.86. The molecule has 1 fully saturated rings. The molecule has 2 aliphatic heterocycles. The highest BCUT2D eigenvalue weighted by Crippen LogP contribution is 2.25. The van der Waals surface area contributed by atoms with E-state index in [0.29, 0.717) is 0 Å². The van der Waals surface area contributed by atoms with Crippen LogP contribution in [0.5, 0.6) is 0 Å². The first-order valence-corrected chi connectivity index (χ1v) is 8.19. The quantitative estimate of drug-likeness (QED) is 0.910. The van der Waals surface area contributed by atoms with Gasteiger partial charge in [0.1, 0.15) is 0 Å². The first-order chi connectivity index (χ1) is 9.93. The zero-order chi connectivity index (χ0) is 13.6. The van der Waals surface area contributed by atoms with Crippen molar-refractivity contribution in [1.82, 2.24) is 10.2 Å². The van der Waals surface area contributed by atoms with Crippen molar-refractivity contribution >= 4 is 5.69 Å². The number of hydrogen-bond acceptors (Lipinski definition) is 3. The van der Waals surface area contributed by atoms with Crippen LogP contribution in [0.15, 0.2) is 24.3 Å². The van der Waals surface area contributed by atoms with Crippen LogP contribution >= 0.6 is 0 Å². The lowest BCUT2D eigenvalue weighted by molar-refractivity contribution is 0.298. The van der Waals surface area contributed by atoms with E-state index in [1.807, 2.05) is 0 Å². The fraction of sp³-hybridized carbons (Fsp3) is 0.647. The van der Waals surface area contributed by atoms with E-state index in [-0.39, 0.29) is 0 Å². The van der Waals surface area contributed by atoms with Crippen molar-refractivity contribution in [1.29, 1.82) is 0 Å². The maximum Gasteiger partial charge on any atom is 0.0399 e. The van der Waals surface area contributed by atoms with Crippen LogP contribution in [0.25, 0.3) is 0 Å². The summed E-state index contributed by atoms with van der Waals surface area (Å²) in [5.74, 6) is 0. The lowest BCUT2D eigenvalue weighted by atomic mass is 10.1. The van der Waals surface area contributed by atoms with Gasteiger partial charge in [-0.1, -0.05) is 18.2 Å². The van der Waals surface area contributed by atoms with Gasteiger partial charge in [-0.2, -0.15) is 0 Å². The van der Waals surface area contributed by atoms with E-state index in [9.17, 15) is 0 Å². The van der Waals surface area contributed by atoms with Gasteiger partial charge in [-0.25, -0.2) is 0 Å². The standard InChI is InChI=1S/C17H27N3/c1-2-8-17-16(6-1)7-3-4-12-20(17)15-14-19-11-5-9-18-10-13-19/h1-2,6,8,18H,3-5,7,9-15H2. The zero-order valence-electron chi connectivity index (χ0n) is 12.5. The Kier molecular flexibility index (Phi) is 4.93. The molecule has 2 aliphatic rings. The van der Waals surface area contributed by atoms with Gasteiger partial charge in [0.15, 0.2) is 0 Å². The largest absolute Gasteiger partial charge is 0.370 e. The Morgan fingerprint density at radius 1 is 0.900 bits per heavy atom. The van der Waals surface area contributed by atoms with Crippen LogP contribution in [0.2, 0.25) is 0 Å². The second-order valence-corrected chi connectivity index (χ2v) is 6.02. The Morgan fingerprint density at radius 3 is 2.85 bits per heavy atom. The summed E-state index contributed by atoms with van der Waals surface area (Å²) in [7, 11) is 0. The number of para-hydroxylation sites is 1. The molecule has 2 heterocycles. The first kappa shape index (κ1) is 13.9. The number of aryl methyl sites for hydroxylation is 1. The summed E-state index contributed by atoms with van der Waals surface area (Å²) in [6.45, 7) is 8.40. The van der Waals surface area contributed by atoms with E-state index in [2.05, 4.69) is 39.4 Å². The van der Waals surface area contributed by atoms with Crippen LogP contribution in [0, 0.1) is 0 Å². The van der Waals surface area contributed by atoms with E-state index in [1.54, 1.807) is 5.56 Å². The average molecular weight is 273 g/mol. The molecule has 0 aliphatic carbocycles.